The number of fused-ring (bicyclic) bond motifs is 1. The quantitative estimate of drug-likeness (QED) is 0.217. The Labute approximate surface area is 257 Å². The minimum atomic E-state index is -1.08. The van der Waals surface area contributed by atoms with E-state index in [0.29, 0.717) is 42.1 Å². The SMILES string of the molecule is Cc1ccc(COc2cccc(-c3cc(F)c(Cc4nc5ccc(C(=O)O)cc5n4C[C@H]4CN(C)CCO4)cc3F)n2)c(F)c1. The van der Waals surface area contributed by atoms with Crippen LogP contribution in [0.5, 0.6) is 5.88 Å². The molecule has 232 valence electrons. The summed E-state index contributed by atoms with van der Waals surface area (Å²) < 4.78 is 58.8. The Bertz CT molecular complexity index is 1890. The van der Waals surface area contributed by atoms with Crippen LogP contribution in [-0.4, -0.2) is 63.4 Å². The van der Waals surface area contributed by atoms with Crippen molar-refractivity contribution in [2.24, 2.45) is 0 Å². The van der Waals surface area contributed by atoms with Gasteiger partial charge in [0.15, 0.2) is 0 Å². The van der Waals surface area contributed by atoms with Crippen molar-refractivity contribution in [2.45, 2.75) is 32.6 Å². The maximum atomic E-state index is 15.6. The van der Waals surface area contributed by atoms with Crippen molar-refractivity contribution < 1.29 is 32.5 Å². The summed E-state index contributed by atoms with van der Waals surface area (Å²) in [5.74, 6) is -2.22. The average molecular weight is 617 g/mol. The number of aromatic carboxylic acids is 1. The lowest BCUT2D eigenvalue weighted by molar-refractivity contribution is -0.0272. The normalized spacial score (nSPS) is 15.4. The highest BCUT2D eigenvalue weighted by molar-refractivity contribution is 5.92. The molecule has 3 aromatic carbocycles. The fourth-order valence-corrected chi connectivity index (χ4v) is 5.48. The van der Waals surface area contributed by atoms with Crippen molar-refractivity contribution in [2.75, 3.05) is 26.7 Å². The highest BCUT2D eigenvalue weighted by Gasteiger charge is 2.23. The molecule has 1 atom stereocenters. The van der Waals surface area contributed by atoms with Gasteiger partial charge in [0, 0.05) is 36.7 Å². The Hall–Kier alpha value is -4.74. The number of likely N-dealkylation sites (N-methyl/N-ethyl adjacent to an activating group) is 1. The van der Waals surface area contributed by atoms with Crippen molar-refractivity contribution in [3.05, 3.63) is 112 Å². The molecule has 0 radical (unpaired) electrons. The maximum absolute atomic E-state index is 15.6. The molecule has 5 aromatic rings. The van der Waals surface area contributed by atoms with Gasteiger partial charge in [-0.15, -0.1) is 0 Å². The predicted octanol–water partition coefficient (Wildman–Crippen LogP) is 6.02. The number of morpholine rings is 1. The van der Waals surface area contributed by atoms with Gasteiger partial charge in [0.25, 0.3) is 0 Å². The number of halogens is 3. The van der Waals surface area contributed by atoms with Crippen LogP contribution in [0.4, 0.5) is 13.2 Å². The van der Waals surface area contributed by atoms with E-state index in [9.17, 15) is 14.3 Å². The molecule has 0 saturated carbocycles. The van der Waals surface area contributed by atoms with Gasteiger partial charge in [0.1, 0.15) is 29.9 Å². The van der Waals surface area contributed by atoms with E-state index in [-0.39, 0.29) is 47.4 Å². The second kappa shape index (κ2) is 12.7. The van der Waals surface area contributed by atoms with Crippen LogP contribution in [0.2, 0.25) is 0 Å². The minimum Gasteiger partial charge on any atom is -0.478 e. The molecule has 2 aromatic heterocycles. The Morgan fingerprint density at radius 2 is 1.82 bits per heavy atom. The number of carbonyl (C=O) groups is 1. The molecule has 6 rings (SSSR count). The largest absolute Gasteiger partial charge is 0.478 e. The smallest absolute Gasteiger partial charge is 0.335 e. The number of carboxylic acids is 1. The molecule has 1 aliphatic heterocycles. The van der Waals surface area contributed by atoms with E-state index in [1.54, 1.807) is 37.3 Å². The fraction of sp³-hybridized carbons (Fsp3) is 0.265. The molecule has 45 heavy (non-hydrogen) atoms. The zero-order valence-electron chi connectivity index (χ0n) is 24.8. The number of nitrogens with zero attached hydrogens (tertiary/aromatic N) is 4. The van der Waals surface area contributed by atoms with Gasteiger partial charge in [0.2, 0.25) is 5.88 Å². The van der Waals surface area contributed by atoms with E-state index in [1.165, 1.54) is 24.3 Å². The monoisotopic (exact) mass is 616 g/mol. The molecular formula is C34H31F3N4O4. The summed E-state index contributed by atoms with van der Waals surface area (Å²) in [7, 11) is 1.99. The molecule has 1 aliphatic rings. The van der Waals surface area contributed by atoms with Crippen LogP contribution in [-0.2, 0) is 24.3 Å². The van der Waals surface area contributed by atoms with Gasteiger partial charge >= 0.3 is 5.97 Å². The number of hydrogen-bond acceptors (Lipinski definition) is 6. The molecule has 0 aliphatic carbocycles. The van der Waals surface area contributed by atoms with Crippen LogP contribution in [0.15, 0.2) is 66.7 Å². The van der Waals surface area contributed by atoms with Crippen LogP contribution in [0.1, 0.15) is 32.9 Å². The van der Waals surface area contributed by atoms with Gasteiger partial charge < -0.3 is 24.0 Å². The van der Waals surface area contributed by atoms with Crippen molar-refractivity contribution in [1.29, 1.82) is 0 Å². The van der Waals surface area contributed by atoms with Gasteiger partial charge in [-0.2, -0.15) is 0 Å². The molecule has 0 bridgehead atoms. The summed E-state index contributed by atoms with van der Waals surface area (Å²) in [6.45, 7) is 4.08. The van der Waals surface area contributed by atoms with Crippen LogP contribution in [0.3, 0.4) is 0 Å². The van der Waals surface area contributed by atoms with E-state index in [2.05, 4.69) is 14.9 Å². The second-order valence-corrected chi connectivity index (χ2v) is 11.2. The zero-order valence-corrected chi connectivity index (χ0v) is 24.8. The summed E-state index contributed by atoms with van der Waals surface area (Å²) in [4.78, 5) is 22.8. The van der Waals surface area contributed by atoms with Gasteiger partial charge in [-0.3, -0.25) is 0 Å². The molecule has 0 unspecified atom stereocenters. The van der Waals surface area contributed by atoms with Crippen LogP contribution in [0.25, 0.3) is 22.3 Å². The fourth-order valence-electron chi connectivity index (χ4n) is 5.48. The molecule has 3 heterocycles. The molecule has 8 nitrogen and oxygen atoms in total. The third-order valence-corrected chi connectivity index (χ3v) is 7.87. The summed E-state index contributed by atoms with van der Waals surface area (Å²) >= 11 is 0. The molecule has 1 saturated heterocycles. The molecule has 1 fully saturated rings. The molecule has 11 heteroatoms. The molecule has 0 spiro atoms. The lowest BCUT2D eigenvalue weighted by Crippen LogP contribution is -2.42. The topological polar surface area (TPSA) is 89.7 Å². The van der Waals surface area contributed by atoms with E-state index in [0.717, 1.165) is 24.2 Å². The number of benzene rings is 3. The standard InChI is InChI=1S/C34H31F3N4O4/c1-20-6-7-22(26(35)12-20)19-45-33-5-3-4-29(39-33)25-16-27(36)23(13-28(25)37)15-32-38-30-9-8-21(34(42)43)14-31(30)41(32)18-24-17-40(2)10-11-44-24/h3-9,12-14,16,24H,10-11,15,17-19H2,1-2H3,(H,42,43)/t24-/m1/s1. The lowest BCUT2D eigenvalue weighted by Gasteiger charge is -2.30. The van der Waals surface area contributed by atoms with E-state index in [1.807, 2.05) is 11.6 Å². The van der Waals surface area contributed by atoms with Crippen molar-refractivity contribution in [3.63, 3.8) is 0 Å². The number of carboxylic acid groups (broad SMARTS) is 1. The number of ether oxygens (including phenoxy) is 2. The summed E-state index contributed by atoms with van der Waals surface area (Å²) in [5, 5.41) is 9.56. The maximum Gasteiger partial charge on any atom is 0.335 e. The average Bonchev–Trinajstić information content (AvgIpc) is 3.34. The van der Waals surface area contributed by atoms with Gasteiger partial charge in [0.05, 0.1) is 41.5 Å². The highest BCUT2D eigenvalue weighted by atomic mass is 19.1. The Morgan fingerprint density at radius 3 is 2.60 bits per heavy atom. The Morgan fingerprint density at radius 1 is 1.00 bits per heavy atom. The van der Waals surface area contributed by atoms with E-state index < -0.39 is 23.4 Å². The second-order valence-electron chi connectivity index (χ2n) is 11.2. The summed E-state index contributed by atoms with van der Waals surface area (Å²) in [6.07, 6.45) is -0.234. The number of imidazole rings is 1. The predicted molar refractivity (Wildman–Crippen MR) is 162 cm³/mol. The van der Waals surface area contributed by atoms with Gasteiger partial charge in [-0.05, 0) is 67.6 Å². The molecule has 1 N–H and O–H groups in total. The molecular weight excluding hydrogens is 585 g/mol. The number of hydrogen-bond donors (Lipinski definition) is 1. The lowest BCUT2D eigenvalue weighted by atomic mass is 10.0. The van der Waals surface area contributed by atoms with Crippen molar-refractivity contribution >= 4 is 17.0 Å². The van der Waals surface area contributed by atoms with Crippen molar-refractivity contribution in [3.8, 4) is 17.1 Å². The van der Waals surface area contributed by atoms with Crippen molar-refractivity contribution in [1.82, 2.24) is 19.4 Å². The van der Waals surface area contributed by atoms with E-state index in [4.69, 9.17) is 9.47 Å². The number of rotatable bonds is 9. The number of pyridine rings is 1. The summed E-state index contributed by atoms with van der Waals surface area (Å²) in [5.41, 5.74) is 2.54. The van der Waals surface area contributed by atoms with Crippen LogP contribution in [0, 0.1) is 24.4 Å². The Balaban J connectivity index is 1.28. The molecule has 0 amide bonds. The first kappa shape index (κ1) is 30.3. The van der Waals surface area contributed by atoms with Crippen LogP contribution >= 0.6 is 0 Å². The first-order valence-corrected chi connectivity index (χ1v) is 14.5. The number of aryl methyl sites for hydroxylation is 1. The first-order valence-electron chi connectivity index (χ1n) is 14.5. The Kier molecular flexibility index (Phi) is 8.55. The third-order valence-electron chi connectivity index (χ3n) is 7.87. The van der Waals surface area contributed by atoms with Crippen LogP contribution < -0.4 is 4.74 Å². The highest BCUT2D eigenvalue weighted by Crippen LogP contribution is 2.29. The van der Waals surface area contributed by atoms with Gasteiger partial charge in [-0.25, -0.2) is 27.9 Å². The van der Waals surface area contributed by atoms with Gasteiger partial charge in [-0.1, -0.05) is 18.2 Å². The number of aromatic nitrogens is 3. The zero-order chi connectivity index (χ0) is 31.7. The summed E-state index contributed by atoms with van der Waals surface area (Å²) in [6, 6.07) is 16.3. The first-order chi connectivity index (χ1) is 21.6. The minimum absolute atomic E-state index is 0.0403. The third kappa shape index (κ3) is 6.69. The van der Waals surface area contributed by atoms with E-state index >= 15 is 8.78 Å².